The van der Waals surface area contributed by atoms with Crippen molar-refractivity contribution >= 4 is 32.8 Å². The molecule has 0 fully saturated rings. The molecule has 8 heteroatoms. The van der Waals surface area contributed by atoms with Gasteiger partial charge in [-0.3, -0.25) is 19.1 Å². The number of para-hydroxylation sites is 1. The van der Waals surface area contributed by atoms with Crippen LogP contribution >= 0.6 is 0 Å². The standard InChI is InChI=1S/C29H22N6O2/c1-29(2,16-30)25-11-9-19(14-32-25)35-26-21-12-17(8-10-23(21)31-15-24(26)34(3)28(35)37)20-13-18-6-4-5-7-22(18)33-27(20)36/h4-15H,1-3H3,(H,33,36). The van der Waals surface area contributed by atoms with E-state index >= 15 is 0 Å². The number of rotatable bonds is 3. The molecule has 0 amide bonds. The molecule has 0 unspecified atom stereocenters. The zero-order chi connectivity index (χ0) is 25.9. The van der Waals surface area contributed by atoms with Crippen LogP contribution in [0.25, 0.3) is 49.7 Å². The minimum atomic E-state index is -0.746. The van der Waals surface area contributed by atoms with E-state index in [0.717, 1.165) is 16.3 Å². The Hall–Kier alpha value is -5.03. The van der Waals surface area contributed by atoms with Crippen molar-refractivity contribution in [2.24, 2.45) is 7.05 Å². The van der Waals surface area contributed by atoms with Gasteiger partial charge in [-0.1, -0.05) is 24.3 Å². The summed E-state index contributed by atoms with van der Waals surface area (Å²) in [6.07, 6.45) is 3.30. The number of nitriles is 1. The van der Waals surface area contributed by atoms with Crippen LogP contribution in [0.2, 0.25) is 0 Å². The first kappa shape index (κ1) is 22.4. The highest BCUT2D eigenvalue weighted by molar-refractivity contribution is 6.05. The molecular formula is C29H22N6O2. The van der Waals surface area contributed by atoms with Gasteiger partial charge in [-0.05, 0) is 55.8 Å². The molecule has 0 aliphatic rings. The second kappa shape index (κ2) is 8.00. The molecule has 6 aromatic rings. The first-order chi connectivity index (χ1) is 17.8. The average Bonchev–Trinajstić information content (AvgIpc) is 3.18. The quantitative estimate of drug-likeness (QED) is 0.377. The second-order valence-corrected chi connectivity index (χ2v) is 9.59. The van der Waals surface area contributed by atoms with Crippen molar-refractivity contribution in [3.05, 3.63) is 89.2 Å². The maximum atomic E-state index is 13.4. The Labute approximate surface area is 211 Å². The molecule has 0 bridgehead atoms. The summed E-state index contributed by atoms with van der Waals surface area (Å²) in [4.78, 5) is 26.8. The van der Waals surface area contributed by atoms with Crippen LogP contribution < -0.4 is 5.69 Å². The number of imidazole rings is 1. The number of benzene rings is 2. The Kier molecular flexibility index (Phi) is 4.85. The van der Waals surface area contributed by atoms with Gasteiger partial charge in [0.15, 0.2) is 0 Å². The Morgan fingerprint density at radius 1 is 0.973 bits per heavy atom. The van der Waals surface area contributed by atoms with E-state index in [1.807, 2.05) is 48.5 Å². The van der Waals surface area contributed by atoms with E-state index in [4.69, 9.17) is 0 Å². The van der Waals surface area contributed by atoms with Gasteiger partial charge in [-0.25, -0.2) is 9.78 Å². The lowest BCUT2D eigenvalue weighted by molar-refractivity contribution is 0.458. The van der Waals surface area contributed by atoms with Gasteiger partial charge in [0.25, 0.3) is 0 Å². The number of pyridine rings is 3. The molecule has 8 nitrogen and oxygen atoms in total. The molecule has 0 spiro atoms. The largest absolute Gasteiger partial charge is 0.493 e. The minimum Gasteiger partial charge on any atom is -0.493 e. The fraction of sp³-hybridized carbons (Fsp3) is 0.138. The number of fused-ring (bicyclic) bond motifs is 4. The van der Waals surface area contributed by atoms with E-state index in [-0.39, 0.29) is 11.6 Å². The number of hydrogen-bond acceptors (Lipinski definition) is 6. The van der Waals surface area contributed by atoms with E-state index in [0.29, 0.717) is 39.0 Å². The smallest absolute Gasteiger partial charge is 0.333 e. The molecule has 4 aromatic heterocycles. The predicted octanol–water partition coefficient (Wildman–Crippen LogP) is 4.99. The van der Waals surface area contributed by atoms with Crippen LogP contribution in [0.5, 0.6) is 5.88 Å². The average molecular weight is 487 g/mol. The fourth-order valence-corrected chi connectivity index (χ4v) is 4.67. The number of aromatic nitrogens is 5. The second-order valence-electron chi connectivity index (χ2n) is 9.59. The highest BCUT2D eigenvalue weighted by Gasteiger charge is 2.22. The normalized spacial score (nSPS) is 11.8. The fourth-order valence-electron chi connectivity index (χ4n) is 4.67. The number of aromatic hydroxyl groups is 1. The first-order valence-corrected chi connectivity index (χ1v) is 11.8. The van der Waals surface area contributed by atoms with Crippen molar-refractivity contribution in [3.63, 3.8) is 0 Å². The van der Waals surface area contributed by atoms with E-state index in [1.54, 1.807) is 54.6 Å². The summed E-state index contributed by atoms with van der Waals surface area (Å²) in [7, 11) is 1.71. The van der Waals surface area contributed by atoms with Gasteiger partial charge in [-0.2, -0.15) is 5.26 Å². The SMILES string of the molecule is Cn1c(=O)n(-c2ccc(C(C)(C)C#N)nc2)c2c3cc(-c4cc5ccccc5nc4O)ccc3ncc21. The lowest BCUT2D eigenvalue weighted by Gasteiger charge is -2.15. The highest BCUT2D eigenvalue weighted by Crippen LogP contribution is 2.34. The summed E-state index contributed by atoms with van der Waals surface area (Å²) < 4.78 is 3.16. The summed E-state index contributed by atoms with van der Waals surface area (Å²) in [5.74, 6) is -0.0662. The molecular weight excluding hydrogens is 464 g/mol. The molecule has 2 aromatic carbocycles. The Balaban J connectivity index is 1.61. The van der Waals surface area contributed by atoms with Gasteiger partial charge in [0.2, 0.25) is 5.88 Å². The monoisotopic (exact) mass is 486 g/mol. The third-order valence-electron chi connectivity index (χ3n) is 6.82. The summed E-state index contributed by atoms with van der Waals surface area (Å²) >= 11 is 0. The number of nitrogens with zero attached hydrogens (tertiary/aromatic N) is 6. The lowest BCUT2D eigenvalue weighted by Crippen LogP contribution is -2.21. The van der Waals surface area contributed by atoms with Crippen molar-refractivity contribution in [2.45, 2.75) is 19.3 Å². The van der Waals surface area contributed by atoms with Gasteiger partial charge < -0.3 is 5.11 Å². The van der Waals surface area contributed by atoms with Crippen molar-refractivity contribution in [1.29, 1.82) is 5.26 Å². The molecule has 0 aliphatic heterocycles. The van der Waals surface area contributed by atoms with Crippen LogP contribution in [0, 0.1) is 11.3 Å². The molecule has 0 saturated carbocycles. The van der Waals surface area contributed by atoms with E-state index in [1.165, 1.54) is 0 Å². The van der Waals surface area contributed by atoms with Crippen LogP contribution in [0.4, 0.5) is 0 Å². The van der Waals surface area contributed by atoms with Crippen molar-refractivity contribution in [2.75, 3.05) is 0 Å². The Morgan fingerprint density at radius 3 is 2.54 bits per heavy atom. The van der Waals surface area contributed by atoms with Crippen LogP contribution in [0.1, 0.15) is 19.5 Å². The van der Waals surface area contributed by atoms with Gasteiger partial charge in [-0.15, -0.1) is 0 Å². The minimum absolute atomic E-state index is 0.0662. The van der Waals surface area contributed by atoms with Crippen molar-refractivity contribution in [1.82, 2.24) is 24.1 Å². The van der Waals surface area contributed by atoms with Gasteiger partial charge in [0.1, 0.15) is 0 Å². The summed E-state index contributed by atoms with van der Waals surface area (Å²) in [5, 5.41) is 21.8. The van der Waals surface area contributed by atoms with E-state index < -0.39 is 5.41 Å². The van der Waals surface area contributed by atoms with Gasteiger partial charge in [0, 0.05) is 23.4 Å². The molecule has 180 valence electrons. The van der Waals surface area contributed by atoms with Gasteiger partial charge in [0.05, 0.1) is 57.3 Å². The molecule has 4 heterocycles. The third kappa shape index (κ3) is 3.44. The summed E-state index contributed by atoms with van der Waals surface area (Å²) in [6.45, 7) is 3.60. The molecule has 0 aliphatic carbocycles. The van der Waals surface area contributed by atoms with Gasteiger partial charge >= 0.3 is 5.69 Å². The molecule has 37 heavy (non-hydrogen) atoms. The van der Waals surface area contributed by atoms with Crippen molar-refractivity contribution in [3.8, 4) is 28.8 Å². The molecule has 0 radical (unpaired) electrons. The predicted molar refractivity (Wildman–Crippen MR) is 143 cm³/mol. The zero-order valence-electron chi connectivity index (χ0n) is 20.5. The Bertz CT molecular complexity index is 1960. The van der Waals surface area contributed by atoms with Crippen LogP contribution in [0.3, 0.4) is 0 Å². The third-order valence-corrected chi connectivity index (χ3v) is 6.82. The number of aryl methyl sites for hydroxylation is 1. The van der Waals surface area contributed by atoms with Crippen LogP contribution in [-0.4, -0.2) is 29.2 Å². The van der Waals surface area contributed by atoms with Crippen molar-refractivity contribution < 1.29 is 5.11 Å². The molecule has 1 N–H and O–H groups in total. The lowest BCUT2D eigenvalue weighted by atomic mass is 9.91. The maximum absolute atomic E-state index is 13.4. The van der Waals surface area contributed by atoms with Crippen LogP contribution in [0.15, 0.2) is 77.9 Å². The summed E-state index contributed by atoms with van der Waals surface area (Å²) in [6, 6.07) is 21.0. The molecule has 6 rings (SSSR count). The molecule has 0 saturated heterocycles. The topological polar surface area (TPSA) is 110 Å². The zero-order valence-corrected chi connectivity index (χ0v) is 20.5. The maximum Gasteiger partial charge on any atom is 0.333 e. The van der Waals surface area contributed by atoms with E-state index in [9.17, 15) is 15.2 Å². The Morgan fingerprint density at radius 2 is 1.78 bits per heavy atom. The highest BCUT2D eigenvalue weighted by atomic mass is 16.3. The number of hydrogen-bond donors (Lipinski definition) is 1. The first-order valence-electron chi connectivity index (χ1n) is 11.8. The van der Waals surface area contributed by atoms with E-state index in [2.05, 4.69) is 21.0 Å². The molecule has 0 atom stereocenters. The van der Waals surface area contributed by atoms with Crippen LogP contribution in [-0.2, 0) is 12.5 Å². The summed E-state index contributed by atoms with van der Waals surface area (Å²) in [5.41, 5.74) is 4.33.